The van der Waals surface area contributed by atoms with Crippen LogP contribution in [0, 0.1) is 0 Å². The number of para-hydroxylation sites is 2. The molecular formula is C23H21N3O3. The molecule has 2 aliphatic rings. The van der Waals surface area contributed by atoms with Gasteiger partial charge in [0.05, 0.1) is 18.4 Å². The summed E-state index contributed by atoms with van der Waals surface area (Å²) < 4.78 is 12.2. The van der Waals surface area contributed by atoms with Gasteiger partial charge in [0.15, 0.2) is 11.5 Å². The molecule has 0 aliphatic carbocycles. The first-order valence-electron chi connectivity index (χ1n) is 9.73. The second-order valence-corrected chi connectivity index (χ2v) is 7.00. The summed E-state index contributed by atoms with van der Waals surface area (Å²) in [4.78, 5) is 4.50. The molecule has 1 aromatic heterocycles. The third-order valence-electron chi connectivity index (χ3n) is 5.24. The van der Waals surface area contributed by atoms with E-state index in [-0.39, 0.29) is 11.8 Å². The number of hydrogen-bond donors (Lipinski definition) is 1. The summed E-state index contributed by atoms with van der Waals surface area (Å²) in [6.45, 7) is 2.52. The second kappa shape index (κ2) is 7.13. The lowest BCUT2D eigenvalue weighted by molar-refractivity contribution is -0.0240. The number of rotatable bonds is 4. The monoisotopic (exact) mass is 387 g/mol. The Kier molecular flexibility index (Phi) is 4.31. The average molecular weight is 387 g/mol. The fourth-order valence-corrected chi connectivity index (χ4v) is 3.95. The van der Waals surface area contributed by atoms with Gasteiger partial charge in [-0.2, -0.15) is 5.10 Å². The van der Waals surface area contributed by atoms with E-state index in [2.05, 4.69) is 4.98 Å². The summed E-state index contributed by atoms with van der Waals surface area (Å²) in [5.74, 6) is 1.69. The molecule has 2 aromatic carbocycles. The van der Waals surface area contributed by atoms with Gasteiger partial charge in [-0.05, 0) is 37.3 Å². The number of aromatic nitrogens is 1. The Hall–Kier alpha value is -3.54. The molecule has 6 heteroatoms. The van der Waals surface area contributed by atoms with Crippen LogP contribution in [0.25, 0.3) is 0 Å². The molecule has 3 aromatic rings. The molecule has 0 bridgehead atoms. The Labute approximate surface area is 169 Å². The van der Waals surface area contributed by atoms with Gasteiger partial charge in [-0.15, -0.1) is 0 Å². The summed E-state index contributed by atoms with van der Waals surface area (Å²) in [6, 6.07) is 19.0. The zero-order valence-electron chi connectivity index (χ0n) is 16.0. The average Bonchev–Trinajstić information content (AvgIpc) is 3.20. The van der Waals surface area contributed by atoms with Crippen LogP contribution in [0.4, 0.5) is 0 Å². The first kappa shape index (κ1) is 17.6. The first-order chi connectivity index (χ1) is 14.3. The van der Waals surface area contributed by atoms with Crippen molar-refractivity contribution in [3.8, 4) is 17.2 Å². The third kappa shape index (κ3) is 2.97. The molecule has 146 valence electrons. The molecular weight excluding hydrogens is 366 g/mol. The number of fused-ring (bicyclic) bond motifs is 3. The lowest BCUT2D eigenvalue weighted by Gasteiger charge is -2.38. The van der Waals surface area contributed by atoms with Crippen LogP contribution in [0.1, 0.15) is 42.4 Å². The molecule has 2 unspecified atom stereocenters. The van der Waals surface area contributed by atoms with Gasteiger partial charge in [0, 0.05) is 23.7 Å². The number of hydrogen-bond acceptors (Lipinski definition) is 6. The van der Waals surface area contributed by atoms with E-state index in [1.807, 2.05) is 66.5 Å². The van der Waals surface area contributed by atoms with Gasteiger partial charge >= 0.3 is 0 Å². The van der Waals surface area contributed by atoms with Gasteiger partial charge < -0.3 is 14.6 Å². The summed E-state index contributed by atoms with van der Waals surface area (Å²) in [7, 11) is 0. The van der Waals surface area contributed by atoms with Crippen LogP contribution in [0.2, 0.25) is 0 Å². The number of phenolic OH excluding ortho intramolecular Hbond substituents is 1. The van der Waals surface area contributed by atoms with Gasteiger partial charge in [0.1, 0.15) is 11.4 Å². The Morgan fingerprint density at radius 3 is 2.76 bits per heavy atom. The van der Waals surface area contributed by atoms with Gasteiger partial charge in [-0.3, -0.25) is 4.98 Å². The smallest absolute Gasteiger partial charge is 0.230 e. The van der Waals surface area contributed by atoms with Crippen LogP contribution in [-0.2, 0) is 0 Å². The highest BCUT2D eigenvalue weighted by Gasteiger charge is 2.42. The van der Waals surface area contributed by atoms with Crippen LogP contribution in [0.5, 0.6) is 17.2 Å². The fraction of sp³-hybridized carbons (Fsp3) is 0.217. The highest BCUT2D eigenvalue weighted by Crippen LogP contribution is 2.50. The van der Waals surface area contributed by atoms with E-state index in [1.54, 1.807) is 12.3 Å². The molecule has 0 spiro atoms. The highest BCUT2D eigenvalue weighted by atomic mass is 16.5. The molecule has 0 saturated heterocycles. The highest BCUT2D eigenvalue weighted by molar-refractivity contribution is 6.04. The summed E-state index contributed by atoms with van der Waals surface area (Å²) in [5, 5.41) is 17.1. The Balaban J connectivity index is 1.63. The Morgan fingerprint density at radius 2 is 1.97 bits per heavy atom. The molecule has 0 fully saturated rings. The zero-order valence-corrected chi connectivity index (χ0v) is 16.0. The summed E-state index contributed by atoms with van der Waals surface area (Å²) in [5.41, 5.74) is 3.37. The number of hydrazone groups is 1. The number of phenols is 1. The van der Waals surface area contributed by atoms with Crippen molar-refractivity contribution in [1.82, 2.24) is 9.99 Å². The lowest BCUT2D eigenvalue weighted by Crippen LogP contribution is -2.34. The maximum atomic E-state index is 10.3. The maximum Gasteiger partial charge on any atom is 0.230 e. The van der Waals surface area contributed by atoms with Crippen molar-refractivity contribution in [2.75, 3.05) is 6.61 Å². The van der Waals surface area contributed by atoms with Gasteiger partial charge in [0.2, 0.25) is 6.23 Å². The van der Waals surface area contributed by atoms with Crippen molar-refractivity contribution in [3.63, 3.8) is 0 Å². The predicted molar refractivity (Wildman–Crippen MR) is 109 cm³/mol. The SMILES string of the molecule is CCOc1cccc2c1OC(c1ccccn1)N1N=C(c3ccccc3O)CC21. The summed E-state index contributed by atoms with van der Waals surface area (Å²) in [6.07, 6.45) is 1.94. The predicted octanol–water partition coefficient (Wildman–Crippen LogP) is 4.43. The Morgan fingerprint density at radius 1 is 1.10 bits per heavy atom. The number of benzene rings is 2. The topological polar surface area (TPSA) is 67.2 Å². The minimum Gasteiger partial charge on any atom is -0.507 e. The number of ether oxygens (including phenoxy) is 2. The summed E-state index contributed by atoms with van der Waals surface area (Å²) >= 11 is 0. The minimum absolute atomic E-state index is 0.0271. The van der Waals surface area contributed by atoms with E-state index in [0.29, 0.717) is 13.0 Å². The second-order valence-electron chi connectivity index (χ2n) is 7.00. The van der Waals surface area contributed by atoms with Crippen LogP contribution >= 0.6 is 0 Å². The van der Waals surface area contributed by atoms with E-state index in [0.717, 1.165) is 34.0 Å². The normalized spacial score (nSPS) is 19.8. The Bertz CT molecular complexity index is 1070. The van der Waals surface area contributed by atoms with E-state index < -0.39 is 6.23 Å². The van der Waals surface area contributed by atoms with Crippen LogP contribution in [-0.4, -0.2) is 27.4 Å². The van der Waals surface area contributed by atoms with Crippen molar-refractivity contribution in [3.05, 3.63) is 83.7 Å². The number of pyridine rings is 1. The largest absolute Gasteiger partial charge is 0.507 e. The van der Waals surface area contributed by atoms with E-state index in [4.69, 9.17) is 14.6 Å². The number of nitrogens with zero attached hydrogens (tertiary/aromatic N) is 3. The fourth-order valence-electron chi connectivity index (χ4n) is 3.95. The lowest BCUT2D eigenvalue weighted by atomic mass is 9.95. The molecule has 2 aliphatic heterocycles. The van der Waals surface area contributed by atoms with Crippen molar-refractivity contribution in [2.45, 2.75) is 25.6 Å². The van der Waals surface area contributed by atoms with Crippen LogP contribution < -0.4 is 9.47 Å². The number of aromatic hydroxyl groups is 1. The van der Waals surface area contributed by atoms with Crippen molar-refractivity contribution < 1.29 is 14.6 Å². The molecule has 3 heterocycles. The van der Waals surface area contributed by atoms with Crippen molar-refractivity contribution in [2.24, 2.45) is 5.10 Å². The first-order valence-corrected chi connectivity index (χ1v) is 9.73. The molecule has 2 atom stereocenters. The van der Waals surface area contributed by atoms with Crippen molar-refractivity contribution in [1.29, 1.82) is 0 Å². The maximum absolute atomic E-state index is 10.3. The standard InChI is InChI=1S/C23H21N3O3/c1-2-28-21-12-7-9-16-19-14-18(15-8-3-4-11-20(15)27)25-26(19)23(29-22(16)21)17-10-5-6-13-24-17/h3-13,19,23,27H,2,14H2,1H3. The van der Waals surface area contributed by atoms with E-state index in [9.17, 15) is 5.11 Å². The van der Waals surface area contributed by atoms with E-state index >= 15 is 0 Å². The van der Waals surface area contributed by atoms with Crippen molar-refractivity contribution >= 4 is 5.71 Å². The molecule has 0 radical (unpaired) electrons. The molecule has 5 rings (SSSR count). The van der Waals surface area contributed by atoms with Gasteiger partial charge in [0.25, 0.3) is 0 Å². The quantitative estimate of drug-likeness (QED) is 0.717. The molecule has 0 amide bonds. The molecule has 6 nitrogen and oxygen atoms in total. The van der Waals surface area contributed by atoms with Crippen LogP contribution in [0.15, 0.2) is 72.0 Å². The van der Waals surface area contributed by atoms with Gasteiger partial charge in [-0.1, -0.05) is 30.3 Å². The van der Waals surface area contributed by atoms with Crippen LogP contribution in [0.3, 0.4) is 0 Å². The molecule has 0 saturated carbocycles. The van der Waals surface area contributed by atoms with Gasteiger partial charge in [-0.25, -0.2) is 5.01 Å². The minimum atomic E-state index is -0.473. The van der Waals surface area contributed by atoms with E-state index in [1.165, 1.54) is 0 Å². The molecule has 1 N–H and O–H groups in total. The molecule has 29 heavy (non-hydrogen) atoms. The third-order valence-corrected chi connectivity index (χ3v) is 5.24. The zero-order chi connectivity index (χ0) is 19.8.